The molecule has 7 nitrogen and oxygen atoms in total. The van der Waals surface area contributed by atoms with Crippen molar-refractivity contribution in [2.24, 2.45) is 0 Å². The number of halogens is 2. The van der Waals surface area contributed by atoms with Crippen LogP contribution in [0.15, 0.2) is 65.7 Å². The molecule has 1 saturated heterocycles. The number of alkyl halides is 2. The highest BCUT2D eigenvalue weighted by Crippen LogP contribution is 2.38. The van der Waals surface area contributed by atoms with E-state index in [4.69, 9.17) is 4.74 Å². The maximum absolute atomic E-state index is 13.8. The van der Waals surface area contributed by atoms with E-state index in [-0.39, 0.29) is 24.5 Å². The minimum atomic E-state index is -2.57. The number of aromatic amines is 2. The molecule has 5 aromatic rings. The molecule has 2 aliphatic rings. The lowest BCUT2D eigenvalue weighted by Gasteiger charge is -2.34. The summed E-state index contributed by atoms with van der Waals surface area (Å²) in [6.45, 7) is 3.23. The van der Waals surface area contributed by atoms with Crippen molar-refractivity contribution in [3.8, 4) is 22.4 Å². The van der Waals surface area contributed by atoms with Gasteiger partial charge in [-0.2, -0.15) is 0 Å². The topological polar surface area (TPSA) is 71.0 Å². The Kier molecular flexibility index (Phi) is 5.93. The molecule has 4 bridgehead atoms. The van der Waals surface area contributed by atoms with Gasteiger partial charge in [0.25, 0.3) is 11.5 Å². The molecule has 1 fully saturated rings. The SMILES string of the molecule is O=c1[nH][nH]c2c1-c1cn(c3ccccc13)CC[C@@H](CN1CCC(F)(F)CC1)OCCn1cc-2c2ccccc21. The smallest absolute Gasteiger partial charge is 0.272 e. The number of hydrogen-bond acceptors (Lipinski definition) is 3. The fraction of sp³-hybridized carbons (Fsp3) is 0.367. The second kappa shape index (κ2) is 9.50. The number of H-pyrrole nitrogens is 2. The molecule has 0 unspecified atom stereocenters. The van der Waals surface area contributed by atoms with E-state index in [2.05, 4.69) is 60.9 Å². The monoisotopic (exact) mass is 531 g/mol. The average molecular weight is 532 g/mol. The Balaban J connectivity index is 1.33. The molecule has 3 aromatic heterocycles. The first-order chi connectivity index (χ1) is 19.0. The molecule has 0 spiro atoms. The number of para-hydroxylation sites is 2. The lowest BCUT2D eigenvalue weighted by atomic mass is 10.0. The minimum Gasteiger partial charge on any atom is -0.375 e. The summed E-state index contributed by atoms with van der Waals surface area (Å²) in [4.78, 5) is 15.4. The van der Waals surface area contributed by atoms with E-state index in [9.17, 15) is 13.6 Å². The van der Waals surface area contributed by atoms with Crippen LogP contribution in [-0.4, -0.2) is 62.5 Å². The number of aryl methyl sites for hydroxylation is 1. The number of piperidine rings is 1. The van der Waals surface area contributed by atoms with Crippen LogP contribution in [0.3, 0.4) is 0 Å². The molecule has 2 N–H and O–H groups in total. The van der Waals surface area contributed by atoms with Crippen molar-refractivity contribution >= 4 is 21.8 Å². The third-order valence-electron chi connectivity index (χ3n) is 8.32. The molecule has 0 radical (unpaired) electrons. The van der Waals surface area contributed by atoms with Crippen molar-refractivity contribution in [3.05, 3.63) is 71.3 Å². The van der Waals surface area contributed by atoms with Crippen molar-refractivity contribution in [2.75, 3.05) is 26.2 Å². The Hall–Kier alpha value is -3.69. The molecule has 1 atom stereocenters. The van der Waals surface area contributed by atoms with Crippen LogP contribution in [0.1, 0.15) is 19.3 Å². The summed E-state index contributed by atoms with van der Waals surface area (Å²) in [5.74, 6) is -2.57. The van der Waals surface area contributed by atoms with Gasteiger partial charge in [0.2, 0.25) is 0 Å². The van der Waals surface area contributed by atoms with Crippen LogP contribution in [0.2, 0.25) is 0 Å². The number of fused-ring (bicyclic) bond motifs is 13. The first kappa shape index (κ1) is 24.4. The van der Waals surface area contributed by atoms with E-state index in [1.807, 2.05) is 24.3 Å². The molecular weight excluding hydrogens is 500 g/mol. The number of benzene rings is 2. The Morgan fingerprint density at radius 2 is 1.49 bits per heavy atom. The zero-order chi connectivity index (χ0) is 26.6. The lowest BCUT2D eigenvalue weighted by molar-refractivity contribution is -0.0673. The van der Waals surface area contributed by atoms with Gasteiger partial charge in [-0.05, 0) is 18.6 Å². The molecule has 0 saturated carbocycles. The Bertz CT molecular complexity index is 1700. The van der Waals surface area contributed by atoms with Crippen molar-refractivity contribution in [1.82, 2.24) is 24.2 Å². The Morgan fingerprint density at radius 1 is 0.846 bits per heavy atom. The fourth-order valence-electron chi connectivity index (χ4n) is 6.26. The summed E-state index contributed by atoms with van der Waals surface area (Å²) in [6, 6.07) is 16.3. The number of ether oxygens (including phenoxy) is 1. The van der Waals surface area contributed by atoms with Crippen LogP contribution in [0.5, 0.6) is 0 Å². The molecule has 2 aromatic carbocycles. The van der Waals surface area contributed by atoms with E-state index in [1.54, 1.807) is 0 Å². The van der Waals surface area contributed by atoms with Gasteiger partial charge in [0.1, 0.15) is 0 Å². The normalized spacial score (nSPS) is 20.2. The van der Waals surface area contributed by atoms with Gasteiger partial charge >= 0.3 is 0 Å². The van der Waals surface area contributed by atoms with Crippen LogP contribution in [0.4, 0.5) is 8.78 Å². The van der Waals surface area contributed by atoms with Crippen molar-refractivity contribution in [3.63, 3.8) is 0 Å². The average Bonchev–Trinajstić information content (AvgIpc) is 3.61. The van der Waals surface area contributed by atoms with Gasteiger partial charge < -0.3 is 18.8 Å². The van der Waals surface area contributed by atoms with E-state index < -0.39 is 5.92 Å². The van der Waals surface area contributed by atoms with Gasteiger partial charge in [0, 0.05) is 90.9 Å². The van der Waals surface area contributed by atoms with Gasteiger partial charge in [-0.1, -0.05) is 36.4 Å². The zero-order valence-corrected chi connectivity index (χ0v) is 21.6. The predicted molar refractivity (Wildman–Crippen MR) is 148 cm³/mol. The standard InChI is InChI=1S/C30H31F2N5O2/c31-30(32)10-13-35(14-11-30)17-20-9-12-36-18-23(21-5-1-3-7-25(21)36)27-28(33-34-29(27)38)24-19-37(15-16-39-20)26-8-4-2-6-22(24)26/h1-8,18-20H,9-17H2,(H2,33,34,38)/t20-/m0/s1. The summed E-state index contributed by atoms with van der Waals surface area (Å²) in [5.41, 5.74) is 5.21. The molecule has 2 aliphatic heterocycles. The molecular formula is C30H31F2N5O2. The summed E-state index contributed by atoms with van der Waals surface area (Å²) < 4.78 is 38.4. The van der Waals surface area contributed by atoms with E-state index in [0.29, 0.717) is 44.9 Å². The fourth-order valence-corrected chi connectivity index (χ4v) is 6.26. The maximum atomic E-state index is 13.8. The quantitative estimate of drug-likeness (QED) is 0.318. The first-order valence-corrected chi connectivity index (χ1v) is 13.7. The summed E-state index contributed by atoms with van der Waals surface area (Å²) in [6.07, 6.45) is 4.59. The van der Waals surface area contributed by atoms with Gasteiger partial charge in [-0.15, -0.1) is 0 Å². The molecule has 39 heavy (non-hydrogen) atoms. The molecule has 0 amide bonds. The number of nitrogens with zero attached hydrogens (tertiary/aromatic N) is 3. The van der Waals surface area contributed by atoms with Crippen LogP contribution in [0, 0.1) is 0 Å². The lowest BCUT2D eigenvalue weighted by Crippen LogP contribution is -2.43. The molecule has 5 heterocycles. The molecule has 0 aliphatic carbocycles. The van der Waals surface area contributed by atoms with Crippen LogP contribution >= 0.6 is 0 Å². The minimum absolute atomic E-state index is 0.100. The number of hydrogen-bond donors (Lipinski definition) is 2. The summed E-state index contributed by atoms with van der Waals surface area (Å²) in [7, 11) is 0. The first-order valence-electron chi connectivity index (χ1n) is 13.7. The molecule has 7 rings (SSSR count). The van der Waals surface area contributed by atoms with E-state index >= 15 is 0 Å². The maximum Gasteiger partial charge on any atom is 0.272 e. The van der Waals surface area contributed by atoms with Crippen LogP contribution in [0.25, 0.3) is 44.2 Å². The Morgan fingerprint density at radius 3 is 2.23 bits per heavy atom. The summed E-state index contributed by atoms with van der Waals surface area (Å²) in [5, 5.41) is 8.06. The Labute approximate surface area is 224 Å². The third kappa shape index (κ3) is 4.39. The second-order valence-corrected chi connectivity index (χ2v) is 10.8. The van der Waals surface area contributed by atoms with E-state index in [0.717, 1.165) is 45.0 Å². The van der Waals surface area contributed by atoms with Crippen molar-refractivity contribution in [1.29, 1.82) is 0 Å². The number of aromatic nitrogens is 4. The second-order valence-electron chi connectivity index (χ2n) is 10.8. The molecule has 202 valence electrons. The number of rotatable bonds is 2. The highest BCUT2D eigenvalue weighted by Gasteiger charge is 2.34. The summed E-state index contributed by atoms with van der Waals surface area (Å²) >= 11 is 0. The zero-order valence-electron chi connectivity index (χ0n) is 21.6. The van der Waals surface area contributed by atoms with Crippen molar-refractivity contribution in [2.45, 2.75) is 44.4 Å². The number of likely N-dealkylation sites (tertiary alicyclic amines) is 1. The largest absolute Gasteiger partial charge is 0.375 e. The van der Waals surface area contributed by atoms with Gasteiger partial charge in [-0.3, -0.25) is 15.0 Å². The highest BCUT2D eigenvalue weighted by atomic mass is 19.3. The van der Waals surface area contributed by atoms with Gasteiger partial charge in [-0.25, -0.2) is 8.78 Å². The third-order valence-corrected chi connectivity index (χ3v) is 8.32. The van der Waals surface area contributed by atoms with Crippen LogP contribution < -0.4 is 5.56 Å². The van der Waals surface area contributed by atoms with Gasteiger partial charge in [0.15, 0.2) is 0 Å². The van der Waals surface area contributed by atoms with Gasteiger partial charge in [0.05, 0.1) is 24.0 Å². The number of nitrogens with one attached hydrogen (secondary N) is 2. The van der Waals surface area contributed by atoms with E-state index in [1.165, 1.54) is 0 Å². The van der Waals surface area contributed by atoms with Crippen LogP contribution in [-0.2, 0) is 17.8 Å². The highest BCUT2D eigenvalue weighted by molar-refractivity contribution is 6.03. The predicted octanol–water partition coefficient (Wildman–Crippen LogP) is 5.47. The van der Waals surface area contributed by atoms with Crippen molar-refractivity contribution < 1.29 is 13.5 Å². The molecule has 9 heteroatoms.